The molecule has 0 radical (unpaired) electrons. The molecular formula is C13H16O3. The molecule has 86 valence electrons. The van der Waals surface area contributed by atoms with Crippen molar-refractivity contribution in [2.75, 3.05) is 6.61 Å². The lowest BCUT2D eigenvalue weighted by Crippen LogP contribution is -2.24. The maximum atomic E-state index is 9.54. The normalized spacial score (nSPS) is 30.0. The van der Waals surface area contributed by atoms with Gasteiger partial charge >= 0.3 is 0 Å². The first-order valence-corrected chi connectivity index (χ1v) is 5.47. The molecule has 1 heterocycles. The molecule has 1 aliphatic rings. The summed E-state index contributed by atoms with van der Waals surface area (Å²) in [5.41, 5.74) is 1.10. The van der Waals surface area contributed by atoms with E-state index in [-0.39, 0.29) is 12.7 Å². The van der Waals surface area contributed by atoms with E-state index in [1.54, 1.807) is 0 Å². The molecular weight excluding hydrogens is 204 g/mol. The molecule has 0 aliphatic carbocycles. The van der Waals surface area contributed by atoms with Gasteiger partial charge < -0.3 is 14.9 Å². The van der Waals surface area contributed by atoms with Crippen molar-refractivity contribution in [2.24, 2.45) is 0 Å². The van der Waals surface area contributed by atoms with Gasteiger partial charge in [-0.2, -0.15) is 0 Å². The van der Waals surface area contributed by atoms with Crippen molar-refractivity contribution in [1.82, 2.24) is 0 Å². The van der Waals surface area contributed by atoms with Gasteiger partial charge in [-0.15, -0.1) is 0 Å². The summed E-state index contributed by atoms with van der Waals surface area (Å²) < 4.78 is 5.46. The number of aliphatic hydroxyl groups excluding tert-OH is 2. The molecule has 0 bridgehead atoms. The van der Waals surface area contributed by atoms with Crippen LogP contribution in [0.1, 0.15) is 12.0 Å². The number of rotatable bonds is 3. The Morgan fingerprint density at radius 1 is 1.31 bits per heavy atom. The monoisotopic (exact) mass is 220 g/mol. The number of hydrogen-bond donors (Lipinski definition) is 2. The predicted molar refractivity (Wildman–Crippen MR) is 61.8 cm³/mol. The average molecular weight is 220 g/mol. The zero-order valence-corrected chi connectivity index (χ0v) is 8.99. The summed E-state index contributed by atoms with van der Waals surface area (Å²) in [5, 5.41) is 18.5. The van der Waals surface area contributed by atoms with E-state index in [4.69, 9.17) is 9.84 Å². The Labute approximate surface area is 95.0 Å². The van der Waals surface area contributed by atoms with Crippen molar-refractivity contribution in [2.45, 2.75) is 24.7 Å². The van der Waals surface area contributed by atoms with Crippen molar-refractivity contribution in [3.05, 3.63) is 42.0 Å². The number of aliphatic hydroxyl groups is 2. The molecule has 1 fully saturated rings. The number of ether oxygens (including phenoxy) is 1. The van der Waals surface area contributed by atoms with Crippen LogP contribution in [-0.4, -0.2) is 35.1 Å². The highest BCUT2D eigenvalue weighted by Gasteiger charge is 2.31. The van der Waals surface area contributed by atoms with Crippen molar-refractivity contribution < 1.29 is 14.9 Å². The van der Waals surface area contributed by atoms with E-state index in [1.165, 1.54) is 0 Å². The lowest BCUT2D eigenvalue weighted by atomic mass is 10.1. The van der Waals surface area contributed by atoms with Gasteiger partial charge in [0.15, 0.2) is 0 Å². The lowest BCUT2D eigenvalue weighted by molar-refractivity contribution is -0.0105. The molecule has 1 aromatic rings. The molecule has 0 aromatic heterocycles. The maximum Gasteiger partial charge on any atom is 0.107 e. The molecule has 1 aromatic carbocycles. The minimum Gasteiger partial charge on any atom is -0.394 e. The third kappa shape index (κ3) is 2.70. The van der Waals surface area contributed by atoms with Crippen molar-refractivity contribution in [1.29, 1.82) is 0 Å². The van der Waals surface area contributed by atoms with Crippen molar-refractivity contribution in [3.63, 3.8) is 0 Å². The second kappa shape index (κ2) is 5.25. The van der Waals surface area contributed by atoms with Gasteiger partial charge in [0.2, 0.25) is 0 Å². The summed E-state index contributed by atoms with van der Waals surface area (Å²) in [4.78, 5) is 0. The molecule has 0 saturated carbocycles. The fourth-order valence-electron chi connectivity index (χ4n) is 1.83. The van der Waals surface area contributed by atoms with Crippen LogP contribution < -0.4 is 0 Å². The molecule has 0 unspecified atom stereocenters. The first-order valence-electron chi connectivity index (χ1n) is 5.47. The van der Waals surface area contributed by atoms with Gasteiger partial charge in [0.05, 0.1) is 18.8 Å². The van der Waals surface area contributed by atoms with E-state index in [9.17, 15) is 5.11 Å². The Kier molecular flexibility index (Phi) is 3.72. The van der Waals surface area contributed by atoms with Crippen molar-refractivity contribution >= 4 is 6.08 Å². The third-order valence-electron chi connectivity index (χ3n) is 2.74. The second-order valence-electron chi connectivity index (χ2n) is 3.97. The van der Waals surface area contributed by atoms with Crippen LogP contribution in [0.15, 0.2) is 36.4 Å². The molecule has 16 heavy (non-hydrogen) atoms. The molecule has 1 aliphatic heterocycles. The third-order valence-corrected chi connectivity index (χ3v) is 2.74. The van der Waals surface area contributed by atoms with E-state index < -0.39 is 12.2 Å². The van der Waals surface area contributed by atoms with Gasteiger partial charge in [-0.05, 0) is 5.56 Å². The van der Waals surface area contributed by atoms with Crippen LogP contribution in [-0.2, 0) is 4.74 Å². The molecule has 3 atom stereocenters. The fourth-order valence-corrected chi connectivity index (χ4v) is 1.83. The van der Waals surface area contributed by atoms with Crippen molar-refractivity contribution in [3.8, 4) is 0 Å². The molecule has 0 amide bonds. The molecule has 1 saturated heterocycles. The maximum absolute atomic E-state index is 9.54. The topological polar surface area (TPSA) is 49.7 Å². The minimum atomic E-state index is -0.560. The Balaban J connectivity index is 1.94. The van der Waals surface area contributed by atoms with Crippen LogP contribution in [0.25, 0.3) is 6.08 Å². The zero-order valence-electron chi connectivity index (χ0n) is 8.99. The molecule has 2 N–H and O–H groups in total. The van der Waals surface area contributed by atoms with Crippen LogP contribution >= 0.6 is 0 Å². The van der Waals surface area contributed by atoms with Crippen LogP contribution in [0.5, 0.6) is 0 Å². The number of hydrogen-bond acceptors (Lipinski definition) is 3. The molecule has 0 spiro atoms. The predicted octanol–water partition coefficient (Wildman–Crippen LogP) is 1.21. The molecule has 3 nitrogen and oxygen atoms in total. The second-order valence-corrected chi connectivity index (χ2v) is 3.97. The quantitative estimate of drug-likeness (QED) is 0.805. The SMILES string of the molecule is OC[C@H]1O[C@H](/C=C/c2ccccc2)C[C@@H]1O. The highest BCUT2D eigenvalue weighted by molar-refractivity contribution is 5.49. The van der Waals surface area contributed by atoms with Gasteiger partial charge in [-0.1, -0.05) is 42.5 Å². The van der Waals surface area contributed by atoms with E-state index in [2.05, 4.69) is 0 Å². The van der Waals surface area contributed by atoms with Gasteiger partial charge in [0, 0.05) is 6.42 Å². The van der Waals surface area contributed by atoms with Gasteiger partial charge in [0.1, 0.15) is 6.10 Å². The summed E-state index contributed by atoms with van der Waals surface area (Å²) in [6.45, 7) is -0.128. The fraction of sp³-hybridized carbons (Fsp3) is 0.385. The smallest absolute Gasteiger partial charge is 0.107 e. The molecule has 2 rings (SSSR count). The van der Waals surface area contributed by atoms with Crippen LogP contribution in [0.4, 0.5) is 0 Å². The van der Waals surface area contributed by atoms with E-state index in [0.717, 1.165) is 5.56 Å². The highest BCUT2D eigenvalue weighted by Crippen LogP contribution is 2.21. The summed E-state index contributed by atoms with van der Waals surface area (Å²) in [6.07, 6.45) is 3.34. The van der Waals surface area contributed by atoms with Gasteiger partial charge in [-0.25, -0.2) is 0 Å². The molecule has 3 heteroatoms. The summed E-state index contributed by atoms with van der Waals surface area (Å²) in [5.74, 6) is 0. The van der Waals surface area contributed by atoms with Crippen LogP contribution in [0.2, 0.25) is 0 Å². The van der Waals surface area contributed by atoms with E-state index in [0.29, 0.717) is 6.42 Å². The van der Waals surface area contributed by atoms with Crippen LogP contribution in [0, 0.1) is 0 Å². The zero-order chi connectivity index (χ0) is 11.4. The summed E-state index contributed by atoms with van der Waals surface area (Å²) >= 11 is 0. The Hall–Kier alpha value is -1.16. The van der Waals surface area contributed by atoms with Crippen LogP contribution in [0.3, 0.4) is 0 Å². The summed E-state index contributed by atoms with van der Waals surface area (Å²) in [6, 6.07) is 9.92. The number of benzene rings is 1. The standard InChI is InChI=1S/C13H16O3/c14-9-13-12(15)8-11(16-13)7-6-10-4-2-1-3-5-10/h1-7,11-15H,8-9H2/b7-6+/t11-,12+,13-/m1/s1. The van der Waals surface area contributed by atoms with Gasteiger partial charge in [0.25, 0.3) is 0 Å². The Morgan fingerprint density at radius 2 is 2.06 bits per heavy atom. The first kappa shape index (κ1) is 11.3. The highest BCUT2D eigenvalue weighted by atomic mass is 16.5. The Morgan fingerprint density at radius 3 is 2.69 bits per heavy atom. The average Bonchev–Trinajstić information content (AvgIpc) is 2.69. The first-order chi connectivity index (χ1) is 7.79. The van der Waals surface area contributed by atoms with Gasteiger partial charge in [-0.3, -0.25) is 0 Å². The largest absolute Gasteiger partial charge is 0.394 e. The van der Waals surface area contributed by atoms with E-state index in [1.807, 2.05) is 42.5 Å². The summed E-state index contributed by atoms with van der Waals surface area (Å²) in [7, 11) is 0. The van der Waals surface area contributed by atoms with E-state index >= 15 is 0 Å². The minimum absolute atomic E-state index is 0.104. The lowest BCUT2D eigenvalue weighted by Gasteiger charge is -2.09. The Bertz CT molecular complexity index is 347.